The van der Waals surface area contributed by atoms with Crippen LogP contribution in [0.2, 0.25) is 0 Å². The van der Waals surface area contributed by atoms with E-state index in [9.17, 15) is 9.18 Å². The van der Waals surface area contributed by atoms with Crippen LogP contribution in [0.5, 0.6) is 0 Å². The summed E-state index contributed by atoms with van der Waals surface area (Å²) in [4.78, 5) is 23.7. The lowest BCUT2D eigenvalue weighted by Crippen LogP contribution is -2.39. The fourth-order valence-electron chi connectivity index (χ4n) is 3.87. The van der Waals surface area contributed by atoms with Crippen molar-refractivity contribution in [3.8, 4) is 11.4 Å². The lowest BCUT2D eigenvalue weighted by atomic mass is 9.90. The Balaban J connectivity index is 1.40. The SMILES string of the molecule is Cc1nc(-c2ccc(F)cc2)ncc1C(=O)N1CCC(Cc2ccccc2)CC1. The molecule has 2 heterocycles. The summed E-state index contributed by atoms with van der Waals surface area (Å²) in [5.41, 5.74) is 3.28. The first-order valence-electron chi connectivity index (χ1n) is 10.0. The minimum Gasteiger partial charge on any atom is -0.339 e. The van der Waals surface area contributed by atoms with Gasteiger partial charge in [0, 0.05) is 24.8 Å². The van der Waals surface area contributed by atoms with Crippen molar-refractivity contribution in [2.75, 3.05) is 13.1 Å². The molecule has 4 rings (SSSR count). The summed E-state index contributed by atoms with van der Waals surface area (Å²) in [5, 5.41) is 0. The van der Waals surface area contributed by atoms with Gasteiger partial charge in [-0.05, 0) is 61.9 Å². The van der Waals surface area contributed by atoms with Gasteiger partial charge in [0.1, 0.15) is 5.82 Å². The lowest BCUT2D eigenvalue weighted by molar-refractivity contribution is 0.0689. The molecular weight excluding hydrogens is 365 g/mol. The molecule has 2 aromatic carbocycles. The Bertz CT molecular complexity index is 981. The molecule has 0 N–H and O–H groups in total. The zero-order chi connectivity index (χ0) is 20.2. The van der Waals surface area contributed by atoms with Crippen LogP contribution in [0.15, 0.2) is 60.8 Å². The van der Waals surface area contributed by atoms with Gasteiger partial charge in [-0.15, -0.1) is 0 Å². The number of aryl methyl sites for hydroxylation is 1. The highest BCUT2D eigenvalue weighted by molar-refractivity contribution is 5.95. The number of likely N-dealkylation sites (tertiary alicyclic amines) is 1. The number of carbonyl (C=O) groups excluding carboxylic acids is 1. The molecule has 4 nitrogen and oxygen atoms in total. The second-order valence-corrected chi connectivity index (χ2v) is 7.62. The van der Waals surface area contributed by atoms with Crippen molar-refractivity contribution in [2.24, 2.45) is 5.92 Å². The molecule has 1 saturated heterocycles. The van der Waals surface area contributed by atoms with E-state index in [2.05, 4.69) is 34.2 Å². The Labute approximate surface area is 170 Å². The number of nitrogens with zero attached hydrogens (tertiary/aromatic N) is 3. The average molecular weight is 389 g/mol. The predicted molar refractivity (Wildman–Crippen MR) is 111 cm³/mol. The maximum absolute atomic E-state index is 13.1. The molecule has 1 aliphatic heterocycles. The molecule has 29 heavy (non-hydrogen) atoms. The van der Waals surface area contributed by atoms with Crippen LogP contribution in [0.4, 0.5) is 4.39 Å². The second-order valence-electron chi connectivity index (χ2n) is 7.62. The van der Waals surface area contributed by atoms with Gasteiger partial charge in [0.15, 0.2) is 5.82 Å². The number of benzene rings is 2. The van der Waals surface area contributed by atoms with E-state index in [4.69, 9.17) is 0 Å². The maximum Gasteiger partial charge on any atom is 0.257 e. The number of amides is 1. The molecule has 0 aliphatic carbocycles. The summed E-state index contributed by atoms with van der Waals surface area (Å²) in [6, 6.07) is 16.6. The summed E-state index contributed by atoms with van der Waals surface area (Å²) in [7, 11) is 0. The van der Waals surface area contributed by atoms with Gasteiger partial charge in [-0.1, -0.05) is 30.3 Å². The first-order chi connectivity index (χ1) is 14.1. The van der Waals surface area contributed by atoms with Crippen LogP contribution in [0, 0.1) is 18.7 Å². The van der Waals surface area contributed by atoms with E-state index in [1.54, 1.807) is 18.3 Å². The minimum absolute atomic E-state index is 0.00804. The van der Waals surface area contributed by atoms with E-state index in [0.29, 0.717) is 23.0 Å². The lowest BCUT2D eigenvalue weighted by Gasteiger charge is -2.32. The number of aromatic nitrogens is 2. The highest BCUT2D eigenvalue weighted by Crippen LogP contribution is 2.24. The van der Waals surface area contributed by atoms with Gasteiger partial charge in [0.05, 0.1) is 11.3 Å². The summed E-state index contributed by atoms with van der Waals surface area (Å²) < 4.78 is 13.1. The van der Waals surface area contributed by atoms with E-state index in [-0.39, 0.29) is 11.7 Å². The first-order valence-corrected chi connectivity index (χ1v) is 10.0. The van der Waals surface area contributed by atoms with Crippen molar-refractivity contribution < 1.29 is 9.18 Å². The van der Waals surface area contributed by atoms with Crippen LogP contribution >= 0.6 is 0 Å². The van der Waals surface area contributed by atoms with Gasteiger partial charge >= 0.3 is 0 Å². The predicted octanol–water partition coefficient (Wildman–Crippen LogP) is 4.69. The highest BCUT2D eigenvalue weighted by atomic mass is 19.1. The monoisotopic (exact) mass is 389 g/mol. The summed E-state index contributed by atoms with van der Waals surface area (Å²) >= 11 is 0. The van der Waals surface area contributed by atoms with Crippen molar-refractivity contribution in [3.63, 3.8) is 0 Å². The van der Waals surface area contributed by atoms with Crippen LogP contribution in [0.25, 0.3) is 11.4 Å². The number of carbonyl (C=O) groups is 1. The van der Waals surface area contributed by atoms with Crippen molar-refractivity contribution in [1.29, 1.82) is 0 Å². The van der Waals surface area contributed by atoms with Crippen LogP contribution in [-0.2, 0) is 6.42 Å². The third-order valence-electron chi connectivity index (χ3n) is 5.58. The highest BCUT2D eigenvalue weighted by Gasteiger charge is 2.25. The molecule has 1 amide bonds. The molecule has 5 heteroatoms. The Hall–Kier alpha value is -3.08. The molecule has 0 spiro atoms. The molecule has 148 valence electrons. The smallest absolute Gasteiger partial charge is 0.257 e. The summed E-state index contributed by atoms with van der Waals surface area (Å²) in [6.45, 7) is 3.34. The van der Waals surface area contributed by atoms with E-state index in [1.165, 1.54) is 17.7 Å². The molecule has 0 unspecified atom stereocenters. The Morgan fingerprint density at radius 3 is 2.41 bits per heavy atom. The van der Waals surface area contributed by atoms with E-state index in [0.717, 1.165) is 37.9 Å². The zero-order valence-corrected chi connectivity index (χ0v) is 16.5. The van der Waals surface area contributed by atoms with Crippen molar-refractivity contribution in [1.82, 2.24) is 14.9 Å². The third kappa shape index (κ3) is 4.50. The number of piperidine rings is 1. The normalized spacial score (nSPS) is 14.8. The van der Waals surface area contributed by atoms with E-state index >= 15 is 0 Å². The number of halogens is 1. The summed E-state index contributed by atoms with van der Waals surface area (Å²) in [6.07, 6.45) is 4.68. The average Bonchev–Trinajstić information content (AvgIpc) is 2.75. The van der Waals surface area contributed by atoms with E-state index < -0.39 is 0 Å². The Morgan fingerprint density at radius 2 is 1.76 bits per heavy atom. The van der Waals surface area contributed by atoms with Crippen LogP contribution < -0.4 is 0 Å². The minimum atomic E-state index is -0.298. The van der Waals surface area contributed by atoms with Crippen LogP contribution in [0.3, 0.4) is 0 Å². The largest absolute Gasteiger partial charge is 0.339 e. The van der Waals surface area contributed by atoms with Gasteiger partial charge in [-0.2, -0.15) is 0 Å². The molecule has 0 bridgehead atoms. The quantitative estimate of drug-likeness (QED) is 0.651. The molecule has 3 aromatic rings. The van der Waals surface area contributed by atoms with Crippen molar-refractivity contribution >= 4 is 5.91 Å². The molecule has 0 saturated carbocycles. The van der Waals surface area contributed by atoms with Crippen molar-refractivity contribution in [3.05, 3.63) is 83.4 Å². The van der Waals surface area contributed by atoms with Gasteiger partial charge in [-0.3, -0.25) is 4.79 Å². The zero-order valence-electron chi connectivity index (χ0n) is 16.5. The fourth-order valence-corrected chi connectivity index (χ4v) is 3.87. The number of rotatable bonds is 4. The van der Waals surface area contributed by atoms with Gasteiger partial charge < -0.3 is 4.90 Å². The molecule has 0 radical (unpaired) electrons. The second kappa shape index (κ2) is 8.52. The molecule has 1 aliphatic rings. The van der Waals surface area contributed by atoms with Crippen LogP contribution in [0.1, 0.15) is 34.5 Å². The fraction of sp³-hybridized carbons (Fsp3) is 0.292. The topological polar surface area (TPSA) is 46.1 Å². The van der Waals surface area contributed by atoms with Gasteiger partial charge in [0.25, 0.3) is 5.91 Å². The first kappa shape index (κ1) is 19.2. The molecule has 1 fully saturated rings. The Morgan fingerprint density at radius 1 is 1.07 bits per heavy atom. The third-order valence-corrected chi connectivity index (χ3v) is 5.58. The van der Waals surface area contributed by atoms with E-state index in [1.807, 2.05) is 17.9 Å². The molecular formula is C24H24FN3O. The Kier molecular flexibility index (Phi) is 5.65. The summed E-state index contributed by atoms with van der Waals surface area (Å²) in [5.74, 6) is 0.805. The van der Waals surface area contributed by atoms with Gasteiger partial charge in [0.2, 0.25) is 0 Å². The number of hydrogen-bond acceptors (Lipinski definition) is 3. The van der Waals surface area contributed by atoms with Gasteiger partial charge in [-0.25, -0.2) is 14.4 Å². The maximum atomic E-state index is 13.1. The number of hydrogen-bond donors (Lipinski definition) is 0. The standard InChI is InChI=1S/C24H24FN3O/c1-17-22(16-26-23(27-17)20-7-9-21(25)10-8-20)24(29)28-13-11-19(12-14-28)15-18-5-3-2-4-6-18/h2-10,16,19H,11-15H2,1H3. The molecule has 0 atom stereocenters. The van der Waals surface area contributed by atoms with Crippen molar-refractivity contribution in [2.45, 2.75) is 26.2 Å². The molecule has 1 aromatic heterocycles. The van der Waals surface area contributed by atoms with Crippen LogP contribution in [-0.4, -0.2) is 33.9 Å².